The van der Waals surface area contributed by atoms with Crippen LogP contribution in [0.3, 0.4) is 0 Å². The fourth-order valence-electron chi connectivity index (χ4n) is 2.08. The van der Waals surface area contributed by atoms with Gasteiger partial charge >= 0.3 is 6.03 Å². The molecule has 1 aliphatic carbocycles. The van der Waals surface area contributed by atoms with Gasteiger partial charge in [-0.1, -0.05) is 25.5 Å². The maximum Gasteiger partial charge on any atom is 0.322 e. The number of hydrogen-bond donors (Lipinski definition) is 2. The molecule has 0 saturated heterocycles. The average molecular weight is 261 g/mol. The minimum absolute atomic E-state index is 0.0245. The second kappa shape index (κ2) is 6.57. The number of anilines is 1. The van der Waals surface area contributed by atoms with E-state index in [1.165, 1.54) is 0 Å². The Labute approximate surface area is 115 Å². The summed E-state index contributed by atoms with van der Waals surface area (Å²) in [4.78, 5) is 14.1. The van der Waals surface area contributed by atoms with Crippen LogP contribution in [0, 0.1) is 0 Å². The van der Waals surface area contributed by atoms with Crippen molar-refractivity contribution in [3.63, 3.8) is 0 Å². The first-order valence-electron chi connectivity index (χ1n) is 7.12. The van der Waals surface area contributed by atoms with E-state index < -0.39 is 0 Å². The van der Waals surface area contributed by atoms with Crippen LogP contribution in [0.5, 0.6) is 0 Å². The number of rotatable bonds is 6. The molecule has 2 amide bonds. The zero-order valence-electron chi connectivity index (χ0n) is 11.6. The molecule has 0 aliphatic heterocycles. The topological polar surface area (TPSA) is 58.4 Å². The smallest absolute Gasteiger partial charge is 0.322 e. The molecule has 0 atom stereocenters. The Morgan fingerprint density at radius 3 is 2.58 bits per heavy atom. The van der Waals surface area contributed by atoms with E-state index in [0.717, 1.165) is 43.5 Å². The number of nitrogens with one attached hydrogen (secondary N) is 1. The van der Waals surface area contributed by atoms with Crippen LogP contribution in [0.25, 0.3) is 0 Å². The Morgan fingerprint density at radius 1 is 1.37 bits per heavy atom. The monoisotopic (exact) mass is 261 g/mol. The maximum absolute atomic E-state index is 12.2. The van der Waals surface area contributed by atoms with Crippen molar-refractivity contribution in [2.75, 3.05) is 11.4 Å². The van der Waals surface area contributed by atoms with Crippen molar-refractivity contribution >= 4 is 11.7 Å². The minimum atomic E-state index is 0.0245. The molecule has 0 bridgehead atoms. The van der Waals surface area contributed by atoms with E-state index in [0.29, 0.717) is 12.6 Å². The molecular formula is C15H23N3O. The van der Waals surface area contributed by atoms with Gasteiger partial charge in [0, 0.05) is 24.8 Å². The minimum Gasteiger partial charge on any atom is -0.338 e. The molecule has 1 aromatic rings. The molecule has 3 N–H and O–H groups in total. The predicted molar refractivity (Wildman–Crippen MR) is 78.1 cm³/mol. The molecule has 1 fully saturated rings. The fraction of sp³-hybridized carbons (Fsp3) is 0.533. The van der Waals surface area contributed by atoms with Gasteiger partial charge in [-0.15, -0.1) is 0 Å². The summed E-state index contributed by atoms with van der Waals surface area (Å²) in [5.41, 5.74) is 7.65. The van der Waals surface area contributed by atoms with Gasteiger partial charge in [-0.25, -0.2) is 4.79 Å². The highest BCUT2D eigenvalue weighted by atomic mass is 16.2. The van der Waals surface area contributed by atoms with Gasteiger partial charge in [0.05, 0.1) is 0 Å². The van der Waals surface area contributed by atoms with E-state index >= 15 is 0 Å². The Hall–Kier alpha value is -1.55. The summed E-state index contributed by atoms with van der Waals surface area (Å²) in [7, 11) is 0. The molecule has 1 aromatic carbocycles. The number of unbranched alkanes of at least 4 members (excludes halogenated alkanes) is 1. The molecule has 0 heterocycles. The molecule has 1 aliphatic rings. The first-order valence-corrected chi connectivity index (χ1v) is 7.12. The van der Waals surface area contributed by atoms with E-state index in [2.05, 4.69) is 12.2 Å². The first-order chi connectivity index (χ1) is 9.26. The number of carbonyl (C=O) groups is 1. The van der Waals surface area contributed by atoms with E-state index in [4.69, 9.17) is 5.73 Å². The van der Waals surface area contributed by atoms with Crippen molar-refractivity contribution in [3.8, 4) is 0 Å². The third kappa shape index (κ3) is 3.70. The van der Waals surface area contributed by atoms with Crippen molar-refractivity contribution in [2.24, 2.45) is 5.73 Å². The largest absolute Gasteiger partial charge is 0.338 e. The molecule has 104 valence electrons. The van der Waals surface area contributed by atoms with Gasteiger partial charge in [0.25, 0.3) is 0 Å². The van der Waals surface area contributed by atoms with Crippen molar-refractivity contribution in [1.29, 1.82) is 0 Å². The van der Waals surface area contributed by atoms with Crippen LogP contribution in [0.1, 0.15) is 38.2 Å². The standard InChI is InChI=1S/C15H23N3O/c1-2-3-10-17-15(19)18(14-8-9-14)13-6-4-12(11-16)5-7-13/h4-7,14H,2-3,8-11,16H2,1H3,(H,17,19). The Morgan fingerprint density at radius 2 is 2.05 bits per heavy atom. The van der Waals surface area contributed by atoms with E-state index in [-0.39, 0.29) is 6.03 Å². The predicted octanol–water partition coefficient (Wildman–Crippen LogP) is 2.62. The van der Waals surface area contributed by atoms with Gasteiger partial charge in [-0.05, 0) is 37.0 Å². The van der Waals surface area contributed by atoms with Crippen molar-refractivity contribution in [3.05, 3.63) is 29.8 Å². The van der Waals surface area contributed by atoms with Crippen molar-refractivity contribution < 1.29 is 4.79 Å². The second-order valence-electron chi connectivity index (χ2n) is 5.06. The fourth-order valence-corrected chi connectivity index (χ4v) is 2.08. The Kier molecular flexibility index (Phi) is 4.80. The number of carbonyl (C=O) groups excluding carboxylic acids is 1. The number of urea groups is 1. The molecule has 4 heteroatoms. The molecule has 0 radical (unpaired) electrons. The summed E-state index contributed by atoms with van der Waals surface area (Å²) in [6.45, 7) is 3.40. The number of amides is 2. The van der Waals surface area contributed by atoms with Crippen LogP contribution in [-0.2, 0) is 6.54 Å². The zero-order valence-corrected chi connectivity index (χ0v) is 11.6. The normalized spacial score (nSPS) is 14.2. The lowest BCUT2D eigenvalue weighted by molar-refractivity contribution is 0.246. The van der Waals surface area contributed by atoms with Crippen LogP contribution in [0.15, 0.2) is 24.3 Å². The van der Waals surface area contributed by atoms with E-state index in [9.17, 15) is 4.79 Å². The number of hydrogen-bond acceptors (Lipinski definition) is 2. The third-order valence-electron chi connectivity index (χ3n) is 3.39. The summed E-state index contributed by atoms with van der Waals surface area (Å²) >= 11 is 0. The summed E-state index contributed by atoms with van der Waals surface area (Å²) in [5.74, 6) is 0. The Bertz CT molecular complexity index is 412. The molecule has 4 nitrogen and oxygen atoms in total. The quantitative estimate of drug-likeness (QED) is 0.773. The summed E-state index contributed by atoms with van der Waals surface area (Å²) in [5, 5.41) is 2.99. The maximum atomic E-state index is 12.2. The molecule has 0 spiro atoms. The lowest BCUT2D eigenvalue weighted by atomic mass is 10.2. The first kappa shape index (κ1) is 13.9. The third-order valence-corrected chi connectivity index (χ3v) is 3.39. The average Bonchev–Trinajstić information content (AvgIpc) is 3.25. The molecule has 0 unspecified atom stereocenters. The van der Waals surface area contributed by atoms with Gasteiger partial charge < -0.3 is 11.1 Å². The second-order valence-corrected chi connectivity index (χ2v) is 5.06. The summed E-state index contributed by atoms with van der Waals surface area (Å²) in [6, 6.07) is 8.34. The number of benzene rings is 1. The van der Waals surface area contributed by atoms with E-state index in [1.54, 1.807) is 0 Å². The number of nitrogens with two attached hydrogens (primary N) is 1. The van der Waals surface area contributed by atoms with E-state index in [1.807, 2.05) is 29.2 Å². The van der Waals surface area contributed by atoms with Crippen LogP contribution in [0.4, 0.5) is 10.5 Å². The van der Waals surface area contributed by atoms with Crippen LogP contribution in [0.2, 0.25) is 0 Å². The van der Waals surface area contributed by atoms with Gasteiger partial charge in [0.2, 0.25) is 0 Å². The van der Waals surface area contributed by atoms with Crippen LogP contribution >= 0.6 is 0 Å². The van der Waals surface area contributed by atoms with Gasteiger partial charge in [0.1, 0.15) is 0 Å². The lowest BCUT2D eigenvalue weighted by Gasteiger charge is -2.23. The lowest BCUT2D eigenvalue weighted by Crippen LogP contribution is -2.42. The molecule has 2 rings (SSSR count). The number of nitrogens with zero attached hydrogens (tertiary/aromatic N) is 1. The highest BCUT2D eigenvalue weighted by molar-refractivity contribution is 5.93. The van der Waals surface area contributed by atoms with Crippen molar-refractivity contribution in [1.82, 2.24) is 5.32 Å². The summed E-state index contributed by atoms with van der Waals surface area (Å²) in [6.07, 6.45) is 4.31. The van der Waals surface area contributed by atoms with Gasteiger partial charge in [0.15, 0.2) is 0 Å². The van der Waals surface area contributed by atoms with Crippen LogP contribution < -0.4 is 16.0 Å². The van der Waals surface area contributed by atoms with Gasteiger partial charge in [-0.2, -0.15) is 0 Å². The molecule has 0 aromatic heterocycles. The highest BCUT2D eigenvalue weighted by Gasteiger charge is 2.33. The molecule has 1 saturated carbocycles. The molecular weight excluding hydrogens is 238 g/mol. The molecule has 19 heavy (non-hydrogen) atoms. The van der Waals surface area contributed by atoms with Gasteiger partial charge in [-0.3, -0.25) is 4.90 Å². The highest BCUT2D eigenvalue weighted by Crippen LogP contribution is 2.31. The Balaban J connectivity index is 2.04. The van der Waals surface area contributed by atoms with Crippen molar-refractivity contribution in [2.45, 2.75) is 45.2 Å². The summed E-state index contributed by atoms with van der Waals surface area (Å²) < 4.78 is 0. The van der Waals surface area contributed by atoms with Crippen LogP contribution in [-0.4, -0.2) is 18.6 Å². The zero-order chi connectivity index (χ0) is 13.7. The SMILES string of the molecule is CCCCNC(=O)N(c1ccc(CN)cc1)C1CC1.